The van der Waals surface area contributed by atoms with Gasteiger partial charge in [-0.1, -0.05) is 11.6 Å². The number of halogens is 4. The molecule has 1 aromatic carbocycles. The van der Waals surface area contributed by atoms with Crippen LogP contribution in [0.25, 0.3) is 11.3 Å². The number of nitrogens with zero attached hydrogens (tertiary/aromatic N) is 1. The summed E-state index contributed by atoms with van der Waals surface area (Å²) in [5, 5.41) is 2.11. The van der Waals surface area contributed by atoms with Crippen LogP contribution in [0.15, 0.2) is 18.2 Å². The molecule has 0 aliphatic heterocycles. The number of hydrogen-bond donors (Lipinski definition) is 1. The van der Waals surface area contributed by atoms with Gasteiger partial charge in [-0.15, -0.1) is 0 Å². The van der Waals surface area contributed by atoms with Gasteiger partial charge in [-0.3, -0.25) is 4.79 Å². The highest BCUT2D eigenvalue weighted by Crippen LogP contribution is 2.32. The molecule has 126 valence electrons. The highest BCUT2D eigenvalue weighted by atomic mass is 35.5. The number of carbonyl (C=O) groups excluding carboxylic acids is 2. The summed E-state index contributed by atoms with van der Waals surface area (Å²) in [5.74, 6) is -6.02. The predicted molar refractivity (Wildman–Crippen MR) is 80.2 cm³/mol. The van der Waals surface area contributed by atoms with Gasteiger partial charge in [0, 0.05) is 12.5 Å². The topological polar surface area (TPSA) is 68.3 Å². The Balaban J connectivity index is 2.72. The van der Waals surface area contributed by atoms with Crippen LogP contribution in [-0.2, 0) is 9.53 Å². The Kier molecular flexibility index (Phi) is 5.08. The highest BCUT2D eigenvalue weighted by Gasteiger charge is 2.22. The molecule has 0 aliphatic carbocycles. The van der Waals surface area contributed by atoms with Crippen molar-refractivity contribution in [2.24, 2.45) is 0 Å². The number of rotatable bonds is 3. The zero-order chi connectivity index (χ0) is 18.0. The normalized spacial score (nSPS) is 10.4. The van der Waals surface area contributed by atoms with Crippen LogP contribution in [0.4, 0.5) is 18.9 Å². The first-order valence-electron chi connectivity index (χ1n) is 6.46. The van der Waals surface area contributed by atoms with Gasteiger partial charge in [0.25, 0.3) is 0 Å². The largest absolute Gasteiger partial charge is 0.464 e. The maximum Gasteiger partial charge on any atom is 0.358 e. The molecule has 2 aromatic rings. The van der Waals surface area contributed by atoms with Gasteiger partial charge in [-0.05, 0) is 18.2 Å². The molecule has 0 saturated carbocycles. The number of esters is 1. The average molecular weight is 359 g/mol. The van der Waals surface area contributed by atoms with Crippen molar-refractivity contribution in [3.8, 4) is 11.3 Å². The van der Waals surface area contributed by atoms with Gasteiger partial charge in [-0.25, -0.2) is 22.9 Å². The standard InChI is InChI=1S/C15H10ClF3N2O3/c1-6(22)20-10-5-9(21-14(11(10)16)15(23)24-2)7-3-4-8(17)13(19)12(7)18/h3-5H,1-2H3,(H,20,21,22). The maximum absolute atomic E-state index is 14.0. The molecule has 0 saturated heterocycles. The summed E-state index contributed by atoms with van der Waals surface area (Å²) in [6.45, 7) is 1.19. The van der Waals surface area contributed by atoms with E-state index in [-0.39, 0.29) is 16.4 Å². The second-order valence-electron chi connectivity index (χ2n) is 4.61. The van der Waals surface area contributed by atoms with E-state index < -0.39 is 40.6 Å². The number of pyridine rings is 1. The predicted octanol–water partition coefficient (Wildman–Crippen LogP) is 3.56. The van der Waals surface area contributed by atoms with Crippen LogP contribution in [-0.4, -0.2) is 24.0 Å². The first-order chi connectivity index (χ1) is 11.3. The van der Waals surface area contributed by atoms with Crippen LogP contribution < -0.4 is 5.32 Å². The third kappa shape index (κ3) is 3.33. The molecule has 1 aromatic heterocycles. The van der Waals surface area contributed by atoms with Gasteiger partial charge in [0.1, 0.15) is 0 Å². The van der Waals surface area contributed by atoms with Crippen molar-refractivity contribution in [2.75, 3.05) is 12.4 Å². The third-order valence-electron chi connectivity index (χ3n) is 2.96. The monoisotopic (exact) mass is 358 g/mol. The zero-order valence-corrected chi connectivity index (χ0v) is 13.2. The Morgan fingerprint density at radius 2 is 1.88 bits per heavy atom. The van der Waals surface area contributed by atoms with Gasteiger partial charge in [-0.2, -0.15) is 0 Å². The molecule has 9 heteroatoms. The molecule has 0 bridgehead atoms. The maximum atomic E-state index is 14.0. The number of ether oxygens (including phenoxy) is 1. The average Bonchev–Trinajstić information content (AvgIpc) is 2.53. The van der Waals surface area contributed by atoms with E-state index in [1.807, 2.05) is 0 Å². The first-order valence-corrected chi connectivity index (χ1v) is 6.84. The van der Waals surface area contributed by atoms with Crippen molar-refractivity contribution >= 4 is 29.2 Å². The summed E-state index contributed by atoms with van der Waals surface area (Å²) < 4.78 is 45.0. The van der Waals surface area contributed by atoms with Crippen molar-refractivity contribution in [3.63, 3.8) is 0 Å². The molecule has 2 rings (SSSR count). The number of anilines is 1. The third-order valence-corrected chi connectivity index (χ3v) is 3.34. The van der Waals surface area contributed by atoms with E-state index in [1.165, 1.54) is 6.92 Å². The number of carbonyl (C=O) groups is 2. The van der Waals surface area contributed by atoms with Crippen molar-refractivity contribution in [3.05, 3.63) is 46.4 Å². The molecule has 5 nitrogen and oxygen atoms in total. The second-order valence-corrected chi connectivity index (χ2v) is 4.99. The minimum atomic E-state index is -1.69. The van der Waals surface area contributed by atoms with Gasteiger partial charge in [0.05, 0.1) is 23.5 Å². The highest BCUT2D eigenvalue weighted by molar-refractivity contribution is 6.36. The van der Waals surface area contributed by atoms with Crippen LogP contribution >= 0.6 is 11.6 Å². The summed E-state index contributed by atoms with van der Waals surface area (Å²) in [6.07, 6.45) is 0. The quantitative estimate of drug-likeness (QED) is 0.673. The van der Waals surface area contributed by atoms with E-state index in [9.17, 15) is 22.8 Å². The fourth-order valence-electron chi connectivity index (χ4n) is 1.90. The molecule has 0 radical (unpaired) electrons. The second kappa shape index (κ2) is 6.88. The summed E-state index contributed by atoms with van der Waals surface area (Å²) in [6, 6.07) is 2.79. The summed E-state index contributed by atoms with van der Waals surface area (Å²) in [7, 11) is 1.07. The Morgan fingerprint density at radius 3 is 2.46 bits per heavy atom. The number of aromatic nitrogens is 1. The minimum Gasteiger partial charge on any atom is -0.464 e. The lowest BCUT2D eigenvalue weighted by atomic mass is 10.1. The van der Waals surface area contributed by atoms with E-state index in [0.717, 1.165) is 19.2 Å². The lowest BCUT2D eigenvalue weighted by molar-refractivity contribution is -0.114. The lowest BCUT2D eigenvalue weighted by Crippen LogP contribution is -2.12. The molecule has 0 unspecified atom stereocenters. The van der Waals surface area contributed by atoms with Crippen molar-refractivity contribution in [2.45, 2.75) is 6.92 Å². The number of nitrogens with one attached hydrogen (secondary N) is 1. The number of hydrogen-bond acceptors (Lipinski definition) is 4. The molecule has 1 amide bonds. The van der Waals surface area contributed by atoms with Crippen LogP contribution in [0, 0.1) is 17.5 Å². The van der Waals surface area contributed by atoms with E-state index in [4.69, 9.17) is 11.6 Å². The van der Waals surface area contributed by atoms with Crippen molar-refractivity contribution in [1.82, 2.24) is 4.98 Å². The van der Waals surface area contributed by atoms with Crippen LogP contribution in [0.1, 0.15) is 17.4 Å². The molecule has 0 spiro atoms. The van der Waals surface area contributed by atoms with Gasteiger partial charge >= 0.3 is 5.97 Å². The fourth-order valence-corrected chi connectivity index (χ4v) is 2.12. The number of methoxy groups -OCH3 is 1. The molecule has 24 heavy (non-hydrogen) atoms. The van der Waals surface area contributed by atoms with Gasteiger partial charge in [0.2, 0.25) is 5.91 Å². The molecule has 0 fully saturated rings. The van der Waals surface area contributed by atoms with Crippen LogP contribution in [0.5, 0.6) is 0 Å². The van der Waals surface area contributed by atoms with Crippen molar-refractivity contribution in [1.29, 1.82) is 0 Å². The minimum absolute atomic E-state index is 0.0568. The molecule has 1 heterocycles. The fraction of sp³-hybridized carbons (Fsp3) is 0.133. The molecular formula is C15H10ClF3N2O3. The zero-order valence-electron chi connectivity index (χ0n) is 12.4. The van der Waals surface area contributed by atoms with E-state index >= 15 is 0 Å². The van der Waals surface area contributed by atoms with Gasteiger partial charge < -0.3 is 10.1 Å². The SMILES string of the molecule is COC(=O)c1nc(-c2ccc(F)c(F)c2F)cc(NC(C)=O)c1Cl. The molecule has 1 N–H and O–H groups in total. The lowest BCUT2D eigenvalue weighted by Gasteiger charge is -2.12. The Morgan fingerprint density at radius 1 is 1.21 bits per heavy atom. The van der Waals surface area contributed by atoms with E-state index in [1.54, 1.807) is 0 Å². The van der Waals surface area contributed by atoms with Gasteiger partial charge in [0.15, 0.2) is 23.1 Å². The Labute approximate surface area is 139 Å². The van der Waals surface area contributed by atoms with Crippen molar-refractivity contribution < 1.29 is 27.5 Å². The Bertz CT molecular complexity index is 843. The van der Waals surface area contributed by atoms with E-state index in [2.05, 4.69) is 15.0 Å². The van der Waals surface area contributed by atoms with E-state index in [0.29, 0.717) is 6.07 Å². The van der Waals surface area contributed by atoms with Crippen LogP contribution in [0.2, 0.25) is 5.02 Å². The first kappa shape index (κ1) is 17.7. The number of benzene rings is 1. The molecular weight excluding hydrogens is 349 g/mol. The molecule has 0 atom stereocenters. The summed E-state index contributed by atoms with van der Waals surface area (Å²) in [5.41, 5.74) is -1.12. The summed E-state index contributed by atoms with van der Waals surface area (Å²) >= 11 is 5.98. The number of amides is 1. The smallest absolute Gasteiger partial charge is 0.358 e. The van der Waals surface area contributed by atoms with Crippen LogP contribution in [0.3, 0.4) is 0 Å². The molecule has 0 aliphatic rings. The Hall–Kier alpha value is -2.61. The summed E-state index contributed by atoms with van der Waals surface area (Å²) in [4.78, 5) is 26.8.